The van der Waals surface area contributed by atoms with Crippen molar-refractivity contribution in [3.8, 4) is 0 Å². The maximum absolute atomic E-state index is 5.61. The molecule has 0 saturated heterocycles. The summed E-state index contributed by atoms with van der Waals surface area (Å²) in [5, 5.41) is 3.17. The lowest BCUT2D eigenvalue weighted by Gasteiger charge is -2.13. The molecule has 0 radical (unpaired) electrons. The van der Waals surface area contributed by atoms with Crippen molar-refractivity contribution in [1.82, 2.24) is 5.32 Å². The third-order valence-corrected chi connectivity index (χ3v) is 2.69. The normalized spacial score (nSPS) is 21.5. The molecule has 1 saturated carbocycles. The first-order valence-corrected chi connectivity index (χ1v) is 5.08. The molecule has 1 rings (SSSR count). The summed E-state index contributed by atoms with van der Waals surface area (Å²) >= 11 is 0. The van der Waals surface area contributed by atoms with E-state index in [4.69, 9.17) is 4.74 Å². The first kappa shape index (κ1) is 10.0. The van der Waals surface area contributed by atoms with Crippen LogP contribution in [0.1, 0.15) is 32.6 Å². The fourth-order valence-corrected chi connectivity index (χ4v) is 1.67. The molecule has 1 N–H and O–H groups in total. The molecule has 72 valence electrons. The second-order valence-corrected chi connectivity index (χ2v) is 3.88. The first-order valence-electron chi connectivity index (χ1n) is 5.08. The predicted octanol–water partition coefficient (Wildman–Crippen LogP) is 1.80. The van der Waals surface area contributed by atoms with Crippen molar-refractivity contribution in [3.63, 3.8) is 0 Å². The molecule has 1 unspecified atom stereocenters. The summed E-state index contributed by atoms with van der Waals surface area (Å²) in [6.45, 7) is 3.98. The van der Waals surface area contributed by atoms with Crippen LogP contribution in [0.5, 0.6) is 0 Å². The Labute approximate surface area is 75.7 Å². The van der Waals surface area contributed by atoms with Gasteiger partial charge in [-0.15, -0.1) is 0 Å². The lowest BCUT2D eigenvalue weighted by Crippen LogP contribution is -2.27. The molecule has 0 amide bonds. The van der Waals surface area contributed by atoms with Crippen LogP contribution in [-0.2, 0) is 4.74 Å². The third-order valence-electron chi connectivity index (χ3n) is 2.69. The van der Waals surface area contributed by atoms with Gasteiger partial charge in [0.1, 0.15) is 0 Å². The van der Waals surface area contributed by atoms with Gasteiger partial charge in [-0.25, -0.2) is 0 Å². The van der Waals surface area contributed by atoms with Gasteiger partial charge in [-0.3, -0.25) is 0 Å². The second kappa shape index (κ2) is 5.55. The van der Waals surface area contributed by atoms with E-state index >= 15 is 0 Å². The average molecular weight is 171 g/mol. The van der Waals surface area contributed by atoms with Crippen LogP contribution in [0.15, 0.2) is 0 Å². The zero-order valence-corrected chi connectivity index (χ0v) is 8.31. The molecule has 0 aromatic heterocycles. The lowest BCUT2D eigenvalue weighted by molar-refractivity contribution is 0.0879. The Hall–Kier alpha value is -0.0800. The summed E-state index contributed by atoms with van der Waals surface area (Å²) in [5.41, 5.74) is 0. The largest absolute Gasteiger partial charge is 0.380 e. The Balaban J connectivity index is 1.94. The van der Waals surface area contributed by atoms with Crippen LogP contribution >= 0.6 is 0 Å². The second-order valence-electron chi connectivity index (χ2n) is 3.88. The minimum Gasteiger partial charge on any atom is -0.380 e. The van der Waals surface area contributed by atoms with Crippen molar-refractivity contribution in [2.75, 3.05) is 20.3 Å². The lowest BCUT2D eigenvalue weighted by atomic mass is 10.1. The Kier molecular flexibility index (Phi) is 4.62. The van der Waals surface area contributed by atoms with Gasteiger partial charge in [0.15, 0.2) is 0 Å². The molecule has 0 heterocycles. The Bertz CT molecular complexity index is 110. The van der Waals surface area contributed by atoms with E-state index < -0.39 is 0 Å². The minimum atomic E-state index is 0.492. The molecular formula is C10H21NO. The van der Waals surface area contributed by atoms with Crippen LogP contribution in [-0.4, -0.2) is 26.3 Å². The molecule has 2 heteroatoms. The molecule has 1 aliphatic rings. The SMILES string of the molecule is CNC(C)COCC1CCCC1. The van der Waals surface area contributed by atoms with Crippen LogP contribution in [0.4, 0.5) is 0 Å². The summed E-state index contributed by atoms with van der Waals surface area (Å²) < 4.78 is 5.61. The Morgan fingerprint density at radius 3 is 2.67 bits per heavy atom. The maximum atomic E-state index is 5.61. The van der Waals surface area contributed by atoms with Crippen molar-refractivity contribution < 1.29 is 4.74 Å². The molecule has 0 bridgehead atoms. The van der Waals surface area contributed by atoms with E-state index in [9.17, 15) is 0 Å². The van der Waals surface area contributed by atoms with E-state index in [1.54, 1.807) is 0 Å². The van der Waals surface area contributed by atoms with E-state index in [2.05, 4.69) is 12.2 Å². The first-order chi connectivity index (χ1) is 5.83. The highest BCUT2D eigenvalue weighted by molar-refractivity contribution is 4.66. The van der Waals surface area contributed by atoms with E-state index in [0.717, 1.165) is 19.1 Å². The molecule has 0 aromatic rings. The summed E-state index contributed by atoms with van der Waals surface area (Å²) in [4.78, 5) is 0. The molecule has 1 atom stereocenters. The van der Waals surface area contributed by atoms with Crippen LogP contribution in [0.25, 0.3) is 0 Å². The van der Waals surface area contributed by atoms with Crippen molar-refractivity contribution in [3.05, 3.63) is 0 Å². The summed E-state index contributed by atoms with van der Waals surface area (Å²) in [6, 6.07) is 0.492. The maximum Gasteiger partial charge on any atom is 0.0616 e. The molecular weight excluding hydrogens is 150 g/mol. The highest BCUT2D eigenvalue weighted by Gasteiger charge is 2.14. The van der Waals surface area contributed by atoms with Crippen LogP contribution in [0.2, 0.25) is 0 Å². The van der Waals surface area contributed by atoms with Gasteiger partial charge in [0.25, 0.3) is 0 Å². The molecule has 12 heavy (non-hydrogen) atoms. The predicted molar refractivity (Wildman–Crippen MR) is 51.3 cm³/mol. The van der Waals surface area contributed by atoms with Gasteiger partial charge in [0.2, 0.25) is 0 Å². The molecule has 2 nitrogen and oxygen atoms in total. The topological polar surface area (TPSA) is 21.3 Å². The summed E-state index contributed by atoms with van der Waals surface area (Å²) in [7, 11) is 1.98. The number of hydrogen-bond acceptors (Lipinski definition) is 2. The van der Waals surface area contributed by atoms with Crippen molar-refractivity contribution in [2.45, 2.75) is 38.6 Å². The van der Waals surface area contributed by atoms with Gasteiger partial charge in [0, 0.05) is 12.6 Å². The van der Waals surface area contributed by atoms with Crippen LogP contribution in [0, 0.1) is 5.92 Å². The van der Waals surface area contributed by atoms with E-state index in [1.807, 2.05) is 7.05 Å². The number of hydrogen-bond donors (Lipinski definition) is 1. The van der Waals surface area contributed by atoms with E-state index in [1.165, 1.54) is 25.7 Å². The zero-order valence-electron chi connectivity index (χ0n) is 8.31. The van der Waals surface area contributed by atoms with Crippen molar-refractivity contribution in [2.24, 2.45) is 5.92 Å². The van der Waals surface area contributed by atoms with E-state index in [-0.39, 0.29) is 0 Å². The van der Waals surface area contributed by atoms with Crippen molar-refractivity contribution in [1.29, 1.82) is 0 Å². The molecule has 0 spiro atoms. The smallest absolute Gasteiger partial charge is 0.0616 e. The molecule has 1 aliphatic carbocycles. The van der Waals surface area contributed by atoms with Crippen LogP contribution in [0.3, 0.4) is 0 Å². The highest BCUT2D eigenvalue weighted by Crippen LogP contribution is 2.24. The fourth-order valence-electron chi connectivity index (χ4n) is 1.67. The number of likely N-dealkylation sites (N-methyl/N-ethyl adjacent to an activating group) is 1. The van der Waals surface area contributed by atoms with Crippen molar-refractivity contribution >= 4 is 0 Å². The monoisotopic (exact) mass is 171 g/mol. The molecule has 1 fully saturated rings. The van der Waals surface area contributed by atoms with Gasteiger partial charge >= 0.3 is 0 Å². The van der Waals surface area contributed by atoms with Gasteiger partial charge in [-0.05, 0) is 32.7 Å². The number of ether oxygens (including phenoxy) is 1. The third kappa shape index (κ3) is 3.55. The van der Waals surface area contributed by atoms with Crippen LogP contribution < -0.4 is 5.32 Å². The number of nitrogens with one attached hydrogen (secondary N) is 1. The van der Waals surface area contributed by atoms with Gasteiger partial charge < -0.3 is 10.1 Å². The minimum absolute atomic E-state index is 0.492. The Morgan fingerprint density at radius 1 is 1.42 bits per heavy atom. The highest BCUT2D eigenvalue weighted by atomic mass is 16.5. The van der Waals surface area contributed by atoms with Gasteiger partial charge in [-0.1, -0.05) is 12.8 Å². The zero-order chi connectivity index (χ0) is 8.81. The summed E-state index contributed by atoms with van der Waals surface area (Å²) in [5.74, 6) is 0.856. The fraction of sp³-hybridized carbons (Fsp3) is 1.00. The molecule has 0 aromatic carbocycles. The average Bonchev–Trinajstić information content (AvgIpc) is 2.57. The quantitative estimate of drug-likeness (QED) is 0.681. The molecule has 0 aliphatic heterocycles. The summed E-state index contributed by atoms with van der Waals surface area (Å²) in [6.07, 6.45) is 5.59. The number of rotatable bonds is 5. The van der Waals surface area contributed by atoms with E-state index in [0.29, 0.717) is 6.04 Å². The van der Waals surface area contributed by atoms with Gasteiger partial charge in [-0.2, -0.15) is 0 Å². The van der Waals surface area contributed by atoms with Gasteiger partial charge in [0.05, 0.1) is 6.61 Å². The Morgan fingerprint density at radius 2 is 2.08 bits per heavy atom. The standard InChI is InChI=1S/C10H21NO/c1-9(11-2)7-12-8-10-5-3-4-6-10/h9-11H,3-8H2,1-2H3.